The van der Waals surface area contributed by atoms with Gasteiger partial charge < -0.3 is 15.7 Å². The molecule has 5 nitrogen and oxygen atoms in total. The van der Waals surface area contributed by atoms with E-state index >= 15 is 0 Å². The summed E-state index contributed by atoms with van der Waals surface area (Å²) in [6, 6.07) is 5.12. The molecule has 5 heteroatoms. The van der Waals surface area contributed by atoms with Gasteiger partial charge in [0.2, 0.25) is 5.91 Å². The van der Waals surface area contributed by atoms with Gasteiger partial charge in [-0.1, -0.05) is 19.9 Å². The fourth-order valence-electron chi connectivity index (χ4n) is 2.91. The van der Waals surface area contributed by atoms with E-state index in [4.69, 9.17) is 5.73 Å². The van der Waals surface area contributed by atoms with E-state index in [1.165, 1.54) is 0 Å². The zero-order valence-corrected chi connectivity index (χ0v) is 12.5. The Balaban J connectivity index is 2.41. The van der Waals surface area contributed by atoms with Crippen molar-refractivity contribution in [2.24, 2.45) is 17.6 Å². The number of aromatic carboxylic acids is 1. The maximum Gasteiger partial charge on any atom is 0.336 e. The van der Waals surface area contributed by atoms with Crippen LogP contribution in [0, 0.1) is 11.8 Å². The predicted molar refractivity (Wildman–Crippen MR) is 81.5 cm³/mol. The van der Waals surface area contributed by atoms with Crippen LogP contribution in [-0.4, -0.2) is 30.1 Å². The van der Waals surface area contributed by atoms with E-state index in [0.717, 1.165) is 17.7 Å². The molecule has 0 spiro atoms. The Morgan fingerprint density at radius 2 is 2.10 bits per heavy atom. The molecular formula is C16H22N2O3. The van der Waals surface area contributed by atoms with Gasteiger partial charge in [0.15, 0.2) is 0 Å². The van der Waals surface area contributed by atoms with Crippen molar-refractivity contribution in [3.05, 3.63) is 29.3 Å². The Morgan fingerprint density at radius 1 is 1.38 bits per heavy atom. The van der Waals surface area contributed by atoms with Crippen molar-refractivity contribution >= 4 is 17.6 Å². The number of hydrogen-bond acceptors (Lipinski definition) is 3. The van der Waals surface area contributed by atoms with Crippen LogP contribution in [0.3, 0.4) is 0 Å². The minimum absolute atomic E-state index is 0.00371. The Morgan fingerprint density at radius 3 is 2.67 bits per heavy atom. The summed E-state index contributed by atoms with van der Waals surface area (Å²) in [7, 11) is 0. The number of nitrogens with two attached hydrogens (primary N) is 1. The van der Waals surface area contributed by atoms with Gasteiger partial charge in [0.05, 0.1) is 11.5 Å². The first kappa shape index (κ1) is 15.5. The summed E-state index contributed by atoms with van der Waals surface area (Å²) in [4.78, 5) is 25.7. The first-order valence-corrected chi connectivity index (χ1v) is 7.34. The number of carboxylic acid groups (broad SMARTS) is 1. The molecule has 3 N–H and O–H groups in total. The second kappa shape index (κ2) is 6.26. The second-order valence-electron chi connectivity index (χ2n) is 5.79. The minimum Gasteiger partial charge on any atom is -0.478 e. The molecule has 1 aliphatic rings. The molecule has 0 saturated carbocycles. The molecule has 0 radical (unpaired) electrons. The van der Waals surface area contributed by atoms with Crippen molar-refractivity contribution in [3.8, 4) is 0 Å². The summed E-state index contributed by atoms with van der Waals surface area (Å²) in [6.45, 7) is 4.89. The van der Waals surface area contributed by atoms with Crippen molar-refractivity contribution in [1.29, 1.82) is 0 Å². The largest absolute Gasteiger partial charge is 0.478 e. The minimum atomic E-state index is -0.944. The molecule has 1 heterocycles. The molecule has 1 unspecified atom stereocenters. The number of carboxylic acids is 1. The third-order valence-electron chi connectivity index (χ3n) is 4.12. The Hall–Kier alpha value is -1.88. The van der Waals surface area contributed by atoms with Gasteiger partial charge in [-0.2, -0.15) is 0 Å². The fraction of sp³-hybridized carbons (Fsp3) is 0.500. The van der Waals surface area contributed by atoms with Crippen LogP contribution >= 0.6 is 0 Å². The van der Waals surface area contributed by atoms with Crippen molar-refractivity contribution in [1.82, 2.24) is 0 Å². The van der Waals surface area contributed by atoms with Crippen molar-refractivity contribution in [2.45, 2.75) is 26.7 Å². The van der Waals surface area contributed by atoms with Crippen molar-refractivity contribution in [2.75, 3.05) is 18.0 Å². The maximum atomic E-state index is 12.7. The van der Waals surface area contributed by atoms with Crippen LogP contribution in [0.4, 0.5) is 5.69 Å². The van der Waals surface area contributed by atoms with Gasteiger partial charge in [0, 0.05) is 18.8 Å². The molecule has 1 atom stereocenters. The lowest BCUT2D eigenvalue weighted by molar-refractivity contribution is -0.123. The number of amides is 1. The van der Waals surface area contributed by atoms with Gasteiger partial charge in [0.25, 0.3) is 0 Å². The van der Waals surface area contributed by atoms with Crippen LogP contribution in [0.25, 0.3) is 0 Å². The first-order chi connectivity index (χ1) is 9.97. The monoisotopic (exact) mass is 290 g/mol. The van der Waals surface area contributed by atoms with Gasteiger partial charge >= 0.3 is 5.97 Å². The third-order valence-corrected chi connectivity index (χ3v) is 4.12. The van der Waals surface area contributed by atoms with Crippen LogP contribution in [-0.2, 0) is 11.2 Å². The average Bonchev–Trinajstić information content (AvgIpc) is 2.45. The summed E-state index contributed by atoms with van der Waals surface area (Å²) in [5, 5.41) is 9.29. The lowest BCUT2D eigenvalue weighted by Crippen LogP contribution is -2.44. The standard InChI is InChI=1S/C16H22N2O3/c1-10(2)13(9-17)15(19)18-8-4-6-11-12(16(20)21)5-3-7-14(11)18/h3,5,7,10,13H,4,6,8-9,17H2,1-2H3,(H,20,21). The number of carbonyl (C=O) groups excluding carboxylic acids is 1. The lowest BCUT2D eigenvalue weighted by atomic mass is 9.91. The number of fused-ring (bicyclic) bond motifs is 1. The van der Waals surface area contributed by atoms with Crippen LogP contribution in [0.5, 0.6) is 0 Å². The van der Waals surface area contributed by atoms with E-state index in [2.05, 4.69) is 0 Å². The molecule has 2 rings (SSSR count). The summed E-state index contributed by atoms with van der Waals surface area (Å²) in [5.74, 6) is -1.02. The molecule has 1 aliphatic heterocycles. The van der Waals surface area contributed by atoms with Gasteiger partial charge in [-0.3, -0.25) is 4.79 Å². The van der Waals surface area contributed by atoms with Crippen LogP contribution in [0.15, 0.2) is 18.2 Å². The Bertz CT molecular complexity index is 554. The molecule has 1 aromatic rings. The number of rotatable bonds is 4. The molecular weight excluding hydrogens is 268 g/mol. The summed E-state index contributed by atoms with van der Waals surface area (Å²) in [6.07, 6.45) is 1.47. The summed E-state index contributed by atoms with van der Waals surface area (Å²) < 4.78 is 0. The number of carbonyl (C=O) groups is 2. The van der Waals surface area contributed by atoms with E-state index in [1.54, 1.807) is 17.0 Å². The van der Waals surface area contributed by atoms with E-state index in [1.807, 2.05) is 19.9 Å². The molecule has 0 bridgehead atoms. The highest BCUT2D eigenvalue weighted by Gasteiger charge is 2.31. The highest BCUT2D eigenvalue weighted by atomic mass is 16.4. The quantitative estimate of drug-likeness (QED) is 0.887. The van der Waals surface area contributed by atoms with Crippen LogP contribution in [0.1, 0.15) is 36.2 Å². The SMILES string of the molecule is CC(C)C(CN)C(=O)N1CCCc2c(C(=O)O)cccc21. The zero-order valence-electron chi connectivity index (χ0n) is 12.5. The van der Waals surface area contributed by atoms with E-state index < -0.39 is 5.97 Å². The van der Waals surface area contributed by atoms with Crippen LogP contribution < -0.4 is 10.6 Å². The fourth-order valence-corrected chi connectivity index (χ4v) is 2.91. The molecule has 0 aliphatic carbocycles. The average molecular weight is 290 g/mol. The van der Waals surface area contributed by atoms with Crippen molar-refractivity contribution < 1.29 is 14.7 Å². The zero-order chi connectivity index (χ0) is 15.6. The smallest absolute Gasteiger partial charge is 0.336 e. The lowest BCUT2D eigenvalue weighted by Gasteiger charge is -2.33. The van der Waals surface area contributed by atoms with E-state index in [0.29, 0.717) is 25.1 Å². The van der Waals surface area contributed by atoms with Crippen molar-refractivity contribution in [3.63, 3.8) is 0 Å². The topological polar surface area (TPSA) is 83.6 Å². The molecule has 114 valence electrons. The first-order valence-electron chi connectivity index (χ1n) is 7.34. The van der Waals surface area contributed by atoms with E-state index in [9.17, 15) is 14.7 Å². The van der Waals surface area contributed by atoms with Gasteiger partial charge in [-0.25, -0.2) is 4.79 Å². The predicted octanol–water partition coefficient (Wildman–Crippen LogP) is 1.89. The third kappa shape index (κ3) is 2.93. The number of anilines is 1. The van der Waals surface area contributed by atoms with Gasteiger partial charge in [-0.15, -0.1) is 0 Å². The van der Waals surface area contributed by atoms with Crippen LogP contribution in [0.2, 0.25) is 0 Å². The number of benzene rings is 1. The Labute approximate surface area is 124 Å². The highest BCUT2D eigenvalue weighted by molar-refractivity contribution is 5.99. The molecule has 1 amide bonds. The molecule has 0 saturated heterocycles. The maximum absolute atomic E-state index is 12.7. The molecule has 1 aromatic carbocycles. The highest BCUT2D eigenvalue weighted by Crippen LogP contribution is 2.31. The molecule has 21 heavy (non-hydrogen) atoms. The normalized spacial score (nSPS) is 15.7. The molecule has 0 aromatic heterocycles. The van der Waals surface area contributed by atoms with Gasteiger partial charge in [-0.05, 0) is 36.5 Å². The summed E-state index contributed by atoms with van der Waals surface area (Å²) in [5.41, 5.74) is 7.51. The number of nitrogens with zero attached hydrogens (tertiary/aromatic N) is 1. The van der Waals surface area contributed by atoms with E-state index in [-0.39, 0.29) is 17.7 Å². The summed E-state index contributed by atoms with van der Waals surface area (Å²) >= 11 is 0. The Kier molecular flexibility index (Phi) is 4.63. The number of hydrogen-bond donors (Lipinski definition) is 2. The molecule has 0 fully saturated rings. The van der Waals surface area contributed by atoms with Gasteiger partial charge in [0.1, 0.15) is 0 Å². The second-order valence-corrected chi connectivity index (χ2v) is 5.79.